The number of nitrogens with zero attached hydrogens (tertiary/aromatic N) is 1. The van der Waals surface area contributed by atoms with Crippen LogP contribution in [0.5, 0.6) is 0 Å². The van der Waals surface area contributed by atoms with Crippen molar-refractivity contribution in [2.24, 2.45) is 0 Å². The molecule has 1 N–H and O–H groups in total. The van der Waals surface area contributed by atoms with Crippen LogP contribution in [0.2, 0.25) is 0 Å². The van der Waals surface area contributed by atoms with E-state index in [0.29, 0.717) is 11.6 Å². The molecule has 0 amide bonds. The van der Waals surface area contributed by atoms with Crippen LogP contribution in [0.4, 0.5) is 0 Å². The molecule has 1 aliphatic carbocycles. The number of likely N-dealkylation sites (N-methyl/N-ethyl adjacent to an activating group) is 2. The standard InChI is InChI=1S/C18H29IN2/c1-4-21(5-2)18(12-6-7-13-18)17(20-3)14-15-8-10-16(19)11-9-15/h8-11,17,20H,4-7,12-14H2,1-3H3. The molecule has 1 aromatic rings. The normalized spacial score (nSPS) is 19.1. The van der Waals surface area contributed by atoms with E-state index in [2.05, 4.69) is 78.0 Å². The third-order valence-electron chi connectivity index (χ3n) is 5.21. The Hall–Kier alpha value is -0.130. The molecule has 2 nitrogen and oxygen atoms in total. The van der Waals surface area contributed by atoms with Crippen molar-refractivity contribution in [2.75, 3.05) is 20.1 Å². The van der Waals surface area contributed by atoms with Gasteiger partial charge in [-0.2, -0.15) is 0 Å². The first-order valence-corrected chi connectivity index (χ1v) is 9.41. The topological polar surface area (TPSA) is 15.3 Å². The molecule has 0 spiro atoms. The van der Waals surface area contributed by atoms with Crippen molar-refractivity contribution in [3.63, 3.8) is 0 Å². The van der Waals surface area contributed by atoms with Crippen molar-refractivity contribution in [3.05, 3.63) is 33.4 Å². The first kappa shape index (κ1) is 17.2. The van der Waals surface area contributed by atoms with Gasteiger partial charge in [-0.15, -0.1) is 0 Å². The zero-order valence-corrected chi connectivity index (χ0v) is 15.8. The van der Waals surface area contributed by atoms with E-state index in [0.717, 1.165) is 19.5 Å². The van der Waals surface area contributed by atoms with E-state index in [-0.39, 0.29) is 0 Å². The second-order valence-electron chi connectivity index (χ2n) is 6.15. The van der Waals surface area contributed by atoms with Crippen LogP contribution < -0.4 is 5.32 Å². The Bertz CT molecular complexity index is 419. The lowest BCUT2D eigenvalue weighted by Gasteiger charge is -2.46. The summed E-state index contributed by atoms with van der Waals surface area (Å²) in [7, 11) is 2.14. The highest BCUT2D eigenvalue weighted by Crippen LogP contribution is 2.39. The molecule has 1 fully saturated rings. The molecule has 0 heterocycles. The van der Waals surface area contributed by atoms with Gasteiger partial charge in [-0.1, -0.05) is 38.8 Å². The van der Waals surface area contributed by atoms with E-state index >= 15 is 0 Å². The molecule has 0 radical (unpaired) electrons. The van der Waals surface area contributed by atoms with Crippen LogP contribution in [0.1, 0.15) is 45.1 Å². The summed E-state index contributed by atoms with van der Waals surface area (Å²) in [6, 6.07) is 9.57. The number of halogens is 1. The first-order chi connectivity index (χ1) is 10.2. The molecule has 1 unspecified atom stereocenters. The van der Waals surface area contributed by atoms with Gasteiger partial charge >= 0.3 is 0 Å². The molecular formula is C18H29IN2. The fourth-order valence-electron chi connectivity index (χ4n) is 4.14. The smallest absolute Gasteiger partial charge is 0.0365 e. The summed E-state index contributed by atoms with van der Waals surface area (Å²) in [5.41, 5.74) is 1.80. The Morgan fingerprint density at radius 3 is 2.19 bits per heavy atom. The molecule has 0 bridgehead atoms. The molecule has 1 aliphatic rings. The van der Waals surface area contributed by atoms with Crippen molar-refractivity contribution >= 4 is 22.6 Å². The highest BCUT2D eigenvalue weighted by molar-refractivity contribution is 14.1. The Kier molecular flexibility index (Phi) is 6.51. The van der Waals surface area contributed by atoms with Crippen LogP contribution >= 0.6 is 22.6 Å². The van der Waals surface area contributed by atoms with E-state index in [1.807, 2.05) is 0 Å². The lowest BCUT2D eigenvalue weighted by Crippen LogP contribution is -2.60. The molecule has 2 rings (SSSR count). The number of rotatable bonds is 7. The van der Waals surface area contributed by atoms with E-state index < -0.39 is 0 Å². The fourth-order valence-corrected chi connectivity index (χ4v) is 4.50. The van der Waals surface area contributed by atoms with Crippen molar-refractivity contribution in [3.8, 4) is 0 Å². The van der Waals surface area contributed by atoms with Gasteiger partial charge in [0.15, 0.2) is 0 Å². The van der Waals surface area contributed by atoms with Gasteiger partial charge in [0, 0.05) is 15.2 Å². The van der Waals surface area contributed by atoms with E-state index in [9.17, 15) is 0 Å². The molecule has 0 saturated heterocycles. The maximum atomic E-state index is 3.65. The predicted octanol–water partition coefficient (Wildman–Crippen LogP) is 4.08. The van der Waals surface area contributed by atoms with Crippen molar-refractivity contribution in [2.45, 2.75) is 57.5 Å². The lowest BCUT2D eigenvalue weighted by molar-refractivity contribution is 0.0658. The van der Waals surface area contributed by atoms with Crippen LogP contribution in [-0.2, 0) is 6.42 Å². The predicted molar refractivity (Wildman–Crippen MR) is 99.8 cm³/mol. The molecule has 1 atom stereocenters. The molecule has 0 aliphatic heterocycles. The summed E-state index contributed by atoms with van der Waals surface area (Å²) in [5.74, 6) is 0. The monoisotopic (exact) mass is 400 g/mol. The van der Waals surface area contributed by atoms with Gasteiger partial charge in [0.1, 0.15) is 0 Å². The van der Waals surface area contributed by atoms with Gasteiger partial charge in [-0.05, 0) is 79.7 Å². The Balaban J connectivity index is 2.21. The minimum absolute atomic E-state index is 0.348. The molecule has 1 saturated carbocycles. The second-order valence-corrected chi connectivity index (χ2v) is 7.40. The van der Waals surface area contributed by atoms with Crippen LogP contribution in [0.25, 0.3) is 0 Å². The highest BCUT2D eigenvalue weighted by atomic mass is 127. The van der Waals surface area contributed by atoms with E-state index in [1.165, 1.54) is 34.8 Å². The van der Waals surface area contributed by atoms with Gasteiger partial charge in [0.25, 0.3) is 0 Å². The van der Waals surface area contributed by atoms with Crippen molar-refractivity contribution in [1.82, 2.24) is 10.2 Å². The Labute approximate surface area is 143 Å². The quantitative estimate of drug-likeness (QED) is 0.694. The van der Waals surface area contributed by atoms with Gasteiger partial charge in [0.2, 0.25) is 0 Å². The third kappa shape index (κ3) is 3.80. The average molecular weight is 400 g/mol. The summed E-state index contributed by atoms with van der Waals surface area (Å²) in [4.78, 5) is 2.70. The maximum Gasteiger partial charge on any atom is 0.0365 e. The molecule has 3 heteroatoms. The molecule has 0 aromatic heterocycles. The summed E-state index contributed by atoms with van der Waals surface area (Å²) >= 11 is 2.38. The van der Waals surface area contributed by atoms with Crippen molar-refractivity contribution in [1.29, 1.82) is 0 Å². The second kappa shape index (κ2) is 7.93. The third-order valence-corrected chi connectivity index (χ3v) is 5.93. The van der Waals surface area contributed by atoms with Crippen molar-refractivity contribution < 1.29 is 0 Å². The lowest BCUT2D eigenvalue weighted by atomic mass is 9.82. The fraction of sp³-hybridized carbons (Fsp3) is 0.667. The average Bonchev–Trinajstić information content (AvgIpc) is 2.98. The SMILES string of the molecule is CCN(CC)C1(C(Cc2ccc(I)cc2)NC)CCCC1. The van der Waals surface area contributed by atoms with Crippen LogP contribution in [0.15, 0.2) is 24.3 Å². The number of hydrogen-bond acceptors (Lipinski definition) is 2. The molecule has 21 heavy (non-hydrogen) atoms. The zero-order chi connectivity index (χ0) is 15.3. The number of hydrogen-bond donors (Lipinski definition) is 1. The summed E-state index contributed by atoms with van der Waals surface area (Å²) in [6.45, 7) is 6.92. The van der Waals surface area contributed by atoms with Crippen LogP contribution in [0, 0.1) is 3.57 Å². The number of benzene rings is 1. The number of nitrogens with one attached hydrogen (secondary N) is 1. The van der Waals surface area contributed by atoms with Gasteiger partial charge in [-0.3, -0.25) is 4.90 Å². The Morgan fingerprint density at radius 1 is 1.14 bits per heavy atom. The first-order valence-electron chi connectivity index (χ1n) is 8.33. The maximum absolute atomic E-state index is 3.65. The van der Waals surface area contributed by atoms with E-state index in [4.69, 9.17) is 0 Å². The van der Waals surface area contributed by atoms with Crippen LogP contribution in [-0.4, -0.2) is 36.6 Å². The zero-order valence-electron chi connectivity index (χ0n) is 13.7. The molecular weight excluding hydrogens is 371 g/mol. The van der Waals surface area contributed by atoms with Gasteiger partial charge < -0.3 is 5.32 Å². The molecule has 118 valence electrons. The molecule has 1 aromatic carbocycles. The largest absolute Gasteiger partial charge is 0.315 e. The van der Waals surface area contributed by atoms with Crippen LogP contribution in [0.3, 0.4) is 0 Å². The van der Waals surface area contributed by atoms with Gasteiger partial charge in [-0.25, -0.2) is 0 Å². The highest BCUT2D eigenvalue weighted by Gasteiger charge is 2.44. The van der Waals surface area contributed by atoms with Gasteiger partial charge in [0.05, 0.1) is 0 Å². The minimum Gasteiger partial charge on any atom is -0.315 e. The van der Waals surface area contributed by atoms with E-state index in [1.54, 1.807) is 0 Å². The minimum atomic E-state index is 0.348. The summed E-state index contributed by atoms with van der Waals surface area (Å²) in [5, 5.41) is 3.65. The summed E-state index contributed by atoms with van der Waals surface area (Å²) in [6.07, 6.45) is 6.56. The Morgan fingerprint density at radius 2 is 1.71 bits per heavy atom. The summed E-state index contributed by atoms with van der Waals surface area (Å²) < 4.78 is 1.32.